The van der Waals surface area contributed by atoms with Gasteiger partial charge in [0.15, 0.2) is 0 Å². The molecular weight excluding hydrogens is 428 g/mol. The molecule has 0 spiro atoms. The molecule has 0 saturated carbocycles. The summed E-state index contributed by atoms with van der Waals surface area (Å²) in [7, 11) is 0. The first-order valence-corrected chi connectivity index (χ1v) is 9.20. The highest BCUT2D eigenvalue weighted by Gasteiger charge is 2.21. The predicted octanol–water partition coefficient (Wildman–Crippen LogP) is 3.61. The molecule has 0 aliphatic heterocycles. The van der Waals surface area contributed by atoms with Crippen molar-refractivity contribution in [2.75, 3.05) is 5.73 Å². The molecule has 0 atom stereocenters. The van der Waals surface area contributed by atoms with Crippen molar-refractivity contribution in [2.24, 2.45) is 0 Å². The van der Waals surface area contributed by atoms with Crippen LogP contribution in [0.25, 0.3) is 0 Å². The molecule has 0 fully saturated rings. The van der Waals surface area contributed by atoms with Gasteiger partial charge in [0.25, 0.3) is 5.91 Å². The quantitative estimate of drug-likeness (QED) is 0.474. The van der Waals surface area contributed by atoms with E-state index in [-0.39, 0.29) is 23.4 Å². The summed E-state index contributed by atoms with van der Waals surface area (Å²) in [5.74, 6) is -2.03. The number of carbonyl (C=O) groups excluding carboxylic acids is 2. The Labute approximate surface area is 171 Å². The van der Waals surface area contributed by atoms with Crippen molar-refractivity contribution >= 4 is 39.5 Å². The molecule has 7 nitrogen and oxygen atoms in total. The highest BCUT2D eigenvalue weighted by molar-refractivity contribution is 9.10. The molecule has 0 aliphatic carbocycles. The molecule has 2 rings (SSSR count). The zero-order valence-corrected chi connectivity index (χ0v) is 17.3. The van der Waals surface area contributed by atoms with Gasteiger partial charge in [-0.15, -0.1) is 0 Å². The molecule has 8 heteroatoms. The summed E-state index contributed by atoms with van der Waals surface area (Å²) < 4.78 is 5.64. The standard InChI is InChI=1S/C20H21BrN2O5/c1-20(2,3)28-19(27)14-6-4-5-12(16(14)22)10-23-17(24)11-7-8-13(18(25)26)15(21)9-11/h4-9H,10,22H2,1-3H3,(H,23,24)(H,25,26). The van der Waals surface area contributed by atoms with Crippen molar-refractivity contribution in [3.05, 3.63) is 63.1 Å². The Morgan fingerprint density at radius 2 is 1.82 bits per heavy atom. The Morgan fingerprint density at radius 1 is 1.14 bits per heavy atom. The first-order chi connectivity index (χ1) is 13.0. The molecular formula is C20H21BrN2O5. The summed E-state index contributed by atoms with van der Waals surface area (Å²) >= 11 is 3.14. The molecule has 0 bridgehead atoms. The maximum atomic E-state index is 12.4. The summed E-state index contributed by atoms with van der Waals surface area (Å²) in [4.78, 5) is 35.7. The number of amides is 1. The fourth-order valence-corrected chi connectivity index (χ4v) is 2.93. The number of hydrogen-bond donors (Lipinski definition) is 3. The average Bonchev–Trinajstić information content (AvgIpc) is 2.58. The van der Waals surface area contributed by atoms with Gasteiger partial charge < -0.3 is 20.9 Å². The average molecular weight is 449 g/mol. The molecule has 0 saturated heterocycles. The van der Waals surface area contributed by atoms with E-state index in [1.807, 2.05) is 0 Å². The monoisotopic (exact) mass is 448 g/mol. The summed E-state index contributed by atoms with van der Waals surface area (Å²) in [6, 6.07) is 9.13. The van der Waals surface area contributed by atoms with Gasteiger partial charge in [0.1, 0.15) is 5.60 Å². The molecule has 2 aromatic carbocycles. The molecule has 28 heavy (non-hydrogen) atoms. The predicted molar refractivity (Wildman–Crippen MR) is 108 cm³/mol. The number of nitrogen functional groups attached to an aromatic ring is 1. The molecule has 1 amide bonds. The van der Waals surface area contributed by atoms with E-state index in [1.54, 1.807) is 39.0 Å². The van der Waals surface area contributed by atoms with E-state index in [1.165, 1.54) is 18.2 Å². The lowest BCUT2D eigenvalue weighted by molar-refractivity contribution is 0.00704. The van der Waals surface area contributed by atoms with E-state index in [9.17, 15) is 14.4 Å². The molecule has 0 aliphatic rings. The number of carbonyl (C=O) groups is 3. The van der Waals surface area contributed by atoms with E-state index < -0.39 is 23.4 Å². The summed E-state index contributed by atoms with van der Waals surface area (Å²) in [5, 5.41) is 11.7. The number of rotatable bonds is 5. The smallest absolute Gasteiger partial charge is 0.340 e. The fourth-order valence-electron chi connectivity index (χ4n) is 2.39. The second-order valence-corrected chi connectivity index (χ2v) is 7.92. The van der Waals surface area contributed by atoms with Crippen LogP contribution in [0.5, 0.6) is 0 Å². The van der Waals surface area contributed by atoms with Crippen LogP contribution in [0.15, 0.2) is 40.9 Å². The number of benzene rings is 2. The minimum absolute atomic E-state index is 0.0610. The van der Waals surface area contributed by atoms with Crippen LogP contribution in [0.2, 0.25) is 0 Å². The van der Waals surface area contributed by atoms with Gasteiger partial charge in [0.2, 0.25) is 0 Å². The van der Waals surface area contributed by atoms with E-state index in [4.69, 9.17) is 15.6 Å². The maximum Gasteiger partial charge on any atom is 0.340 e. The Morgan fingerprint density at radius 3 is 2.39 bits per heavy atom. The van der Waals surface area contributed by atoms with Crippen LogP contribution in [0.4, 0.5) is 5.69 Å². The second-order valence-electron chi connectivity index (χ2n) is 7.06. The van der Waals surface area contributed by atoms with Gasteiger partial charge >= 0.3 is 11.9 Å². The zero-order chi connectivity index (χ0) is 21.1. The number of nitrogens with one attached hydrogen (secondary N) is 1. The SMILES string of the molecule is CC(C)(C)OC(=O)c1cccc(CNC(=O)c2ccc(C(=O)O)c(Br)c2)c1N. The van der Waals surface area contributed by atoms with Gasteiger partial charge in [0.05, 0.1) is 16.8 Å². The Kier molecular flexibility index (Phi) is 6.45. The van der Waals surface area contributed by atoms with Crippen LogP contribution in [-0.2, 0) is 11.3 Å². The second kappa shape index (κ2) is 8.43. The lowest BCUT2D eigenvalue weighted by Crippen LogP contribution is -2.26. The summed E-state index contributed by atoms with van der Waals surface area (Å²) in [6.45, 7) is 5.39. The molecule has 0 radical (unpaired) electrons. The lowest BCUT2D eigenvalue weighted by Gasteiger charge is -2.20. The molecule has 0 unspecified atom stereocenters. The first-order valence-electron chi connectivity index (χ1n) is 8.41. The molecule has 2 aromatic rings. The van der Waals surface area contributed by atoms with E-state index in [0.29, 0.717) is 15.6 Å². The van der Waals surface area contributed by atoms with Gasteiger partial charge in [-0.05, 0) is 66.5 Å². The number of carboxylic acids is 1. The number of halogens is 1. The van der Waals surface area contributed by atoms with Crippen LogP contribution in [0.3, 0.4) is 0 Å². The number of para-hydroxylation sites is 1. The van der Waals surface area contributed by atoms with E-state index in [2.05, 4.69) is 21.2 Å². The van der Waals surface area contributed by atoms with Gasteiger partial charge in [-0.3, -0.25) is 4.79 Å². The maximum absolute atomic E-state index is 12.4. The minimum atomic E-state index is -1.09. The molecule has 148 valence electrons. The van der Waals surface area contributed by atoms with Crippen molar-refractivity contribution in [3.63, 3.8) is 0 Å². The topological polar surface area (TPSA) is 119 Å². The zero-order valence-electron chi connectivity index (χ0n) is 15.7. The third-order valence-electron chi connectivity index (χ3n) is 3.72. The Balaban J connectivity index is 2.13. The van der Waals surface area contributed by atoms with Crippen LogP contribution >= 0.6 is 15.9 Å². The first kappa shape index (κ1) is 21.4. The van der Waals surface area contributed by atoms with Crippen LogP contribution in [0.1, 0.15) is 57.4 Å². The molecule has 0 heterocycles. The third-order valence-corrected chi connectivity index (χ3v) is 4.37. The minimum Gasteiger partial charge on any atom is -0.478 e. The number of anilines is 1. The molecule has 0 aromatic heterocycles. The van der Waals surface area contributed by atoms with Gasteiger partial charge in [-0.25, -0.2) is 9.59 Å². The van der Waals surface area contributed by atoms with Crippen LogP contribution in [0, 0.1) is 0 Å². The Hall–Kier alpha value is -2.87. The number of aromatic carboxylic acids is 1. The molecule has 4 N–H and O–H groups in total. The highest BCUT2D eigenvalue weighted by Crippen LogP contribution is 2.22. The fraction of sp³-hybridized carbons (Fsp3) is 0.250. The van der Waals surface area contributed by atoms with E-state index >= 15 is 0 Å². The summed E-state index contributed by atoms with van der Waals surface area (Å²) in [6.07, 6.45) is 0. The van der Waals surface area contributed by atoms with Crippen molar-refractivity contribution in [3.8, 4) is 0 Å². The van der Waals surface area contributed by atoms with Crippen LogP contribution < -0.4 is 11.1 Å². The number of ether oxygens (including phenoxy) is 1. The normalized spacial score (nSPS) is 11.0. The van der Waals surface area contributed by atoms with Crippen molar-refractivity contribution in [1.82, 2.24) is 5.32 Å². The van der Waals surface area contributed by atoms with Gasteiger partial charge in [0, 0.05) is 16.6 Å². The van der Waals surface area contributed by atoms with Crippen molar-refractivity contribution in [2.45, 2.75) is 32.9 Å². The van der Waals surface area contributed by atoms with Crippen molar-refractivity contribution in [1.29, 1.82) is 0 Å². The number of nitrogens with two attached hydrogens (primary N) is 1. The number of hydrogen-bond acceptors (Lipinski definition) is 5. The largest absolute Gasteiger partial charge is 0.478 e. The number of esters is 1. The third kappa shape index (κ3) is 5.32. The van der Waals surface area contributed by atoms with Crippen molar-refractivity contribution < 1.29 is 24.2 Å². The summed E-state index contributed by atoms with van der Waals surface area (Å²) in [5.41, 5.74) is 6.82. The van der Waals surface area contributed by atoms with Crippen LogP contribution in [-0.4, -0.2) is 28.6 Å². The Bertz CT molecular complexity index is 935. The highest BCUT2D eigenvalue weighted by atomic mass is 79.9. The lowest BCUT2D eigenvalue weighted by atomic mass is 10.1. The van der Waals surface area contributed by atoms with E-state index in [0.717, 1.165) is 0 Å². The van der Waals surface area contributed by atoms with Gasteiger partial charge in [-0.1, -0.05) is 12.1 Å². The number of carboxylic acid groups (broad SMARTS) is 1. The van der Waals surface area contributed by atoms with Gasteiger partial charge in [-0.2, -0.15) is 0 Å².